The van der Waals surface area contributed by atoms with Crippen molar-refractivity contribution in [3.8, 4) is 0 Å². The van der Waals surface area contributed by atoms with E-state index in [4.69, 9.17) is 0 Å². The Labute approximate surface area is 47.1 Å². The maximum atomic E-state index is 12.1. The molecule has 1 saturated heterocycles. The molecule has 0 aromatic heterocycles. The second kappa shape index (κ2) is 2.22. The van der Waals surface area contributed by atoms with Crippen LogP contribution in [-0.2, 0) is 4.79 Å². The van der Waals surface area contributed by atoms with Crippen molar-refractivity contribution >= 4 is 6.29 Å². The second-order valence-corrected chi connectivity index (χ2v) is 1.91. The fourth-order valence-corrected chi connectivity index (χ4v) is 0.782. The number of nitrogens with one attached hydrogen (secondary N) is 1. The molecular weight excluding hydrogens is 109 g/mol. The van der Waals surface area contributed by atoms with Crippen LogP contribution in [0.4, 0.5) is 4.39 Å². The van der Waals surface area contributed by atoms with Gasteiger partial charge >= 0.3 is 0 Å². The summed E-state index contributed by atoms with van der Waals surface area (Å²) in [5.74, 6) is 0. The van der Waals surface area contributed by atoms with Crippen LogP contribution in [-0.4, -0.2) is 25.0 Å². The highest BCUT2D eigenvalue weighted by atomic mass is 19.1. The lowest BCUT2D eigenvalue weighted by atomic mass is 10.2. The van der Waals surface area contributed by atoms with E-state index in [9.17, 15) is 9.18 Å². The molecule has 2 unspecified atom stereocenters. The second-order valence-electron chi connectivity index (χ2n) is 1.91. The van der Waals surface area contributed by atoms with E-state index < -0.39 is 6.17 Å². The Hall–Kier alpha value is -0.440. The van der Waals surface area contributed by atoms with Crippen molar-refractivity contribution in [1.82, 2.24) is 5.32 Å². The van der Waals surface area contributed by atoms with Crippen molar-refractivity contribution in [2.75, 3.05) is 6.54 Å². The summed E-state index contributed by atoms with van der Waals surface area (Å²) in [7, 11) is 0. The highest BCUT2D eigenvalue weighted by Gasteiger charge is 2.22. The summed E-state index contributed by atoms with van der Waals surface area (Å²) in [6.07, 6.45) is 1.14. The van der Waals surface area contributed by atoms with Crippen LogP contribution < -0.4 is 5.32 Å². The maximum absolute atomic E-state index is 12.1. The minimum atomic E-state index is -0.846. The third-order valence-electron chi connectivity index (χ3n) is 1.22. The van der Waals surface area contributed by atoms with Gasteiger partial charge in [0.15, 0.2) is 0 Å². The summed E-state index contributed by atoms with van der Waals surface area (Å²) in [4.78, 5) is 9.80. The number of halogens is 1. The maximum Gasteiger partial charge on any atom is 0.216 e. The Balaban J connectivity index is 2.32. The SMILES string of the molecule is O=[C]C1CC(F)CN1. The van der Waals surface area contributed by atoms with E-state index in [1.165, 1.54) is 0 Å². The van der Waals surface area contributed by atoms with Crippen molar-refractivity contribution in [2.24, 2.45) is 0 Å². The van der Waals surface area contributed by atoms with Gasteiger partial charge in [0.2, 0.25) is 6.29 Å². The van der Waals surface area contributed by atoms with Crippen LogP contribution in [0.2, 0.25) is 0 Å². The first-order valence-electron chi connectivity index (χ1n) is 2.58. The van der Waals surface area contributed by atoms with Crippen LogP contribution >= 0.6 is 0 Å². The molecule has 0 bridgehead atoms. The summed E-state index contributed by atoms with van der Waals surface area (Å²) in [5, 5.41) is 2.66. The lowest BCUT2D eigenvalue weighted by Crippen LogP contribution is -2.22. The van der Waals surface area contributed by atoms with Gasteiger partial charge in [-0.2, -0.15) is 0 Å². The molecule has 0 saturated carbocycles. The molecule has 0 aromatic rings. The zero-order chi connectivity index (χ0) is 5.98. The molecule has 45 valence electrons. The van der Waals surface area contributed by atoms with Gasteiger partial charge in [0, 0.05) is 13.0 Å². The number of carbonyl (C=O) groups excluding carboxylic acids is 1. The van der Waals surface area contributed by atoms with Crippen LogP contribution in [0, 0.1) is 0 Å². The monoisotopic (exact) mass is 116 g/mol. The Morgan fingerprint density at radius 2 is 2.50 bits per heavy atom. The third-order valence-corrected chi connectivity index (χ3v) is 1.22. The van der Waals surface area contributed by atoms with Crippen LogP contribution in [0.1, 0.15) is 6.42 Å². The quantitative estimate of drug-likeness (QED) is 0.514. The van der Waals surface area contributed by atoms with Gasteiger partial charge < -0.3 is 5.32 Å². The minimum Gasteiger partial charge on any atom is -0.304 e. The number of hydrogen-bond donors (Lipinski definition) is 1. The molecule has 0 aromatic carbocycles. The van der Waals surface area contributed by atoms with Gasteiger partial charge in [0.1, 0.15) is 6.17 Å². The predicted octanol–water partition coefficient (Wildman–Crippen LogP) is -0.204. The van der Waals surface area contributed by atoms with Gasteiger partial charge in [0.25, 0.3) is 0 Å². The zero-order valence-electron chi connectivity index (χ0n) is 4.36. The van der Waals surface area contributed by atoms with Gasteiger partial charge in [-0.3, -0.25) is 4.79 Å². The molecule has 3 heteroatoms. The first kappa shape index (κ1) is 5.69. The highest BCUT2D eigenvalue weighted by molar-refractivity contribution is 5.59. The zero-order valence-corrected chi connectivity index (χ0v) is 4.36. The predicted molar refractivity (Wildman–Crippen MR) is 27.0 cm³/mol. The first-order chi connectivity index (χ1) is 3.83. The van der Waals surface area contributed by atoms with E-state index in [2.05, 4.69) is 5.32 Å². The lowest BCUT2D eigenvalue weighted by molar-refractivity contribution is 0.358. The van der Waals surface area contributed by atoms with Crippen molar-refractivity contribution in [3.63, 3.8) is 0 Å². The number of rotatable bonds is 1. The van der Waals surface area contributed by atoms with Crippen molar-refractivity contribution in [1.29, 1.82) is 0 Å². The molecule has 1 fully saturated rings. The molecule has 1 N–H and O–H groups in total. The van der Waals surface area contributed by atoms with E-state index in [1.807, 2.05) is 0 Å². The standard InChI is InChI=1S/C5H7FNO/c6-4-1-5(3-8)7-2-4/h4-5,7H,1-2H2. The summed E-state index contributed by atoms with van der Waals surface area (Å²) in [5.41, 5.74) is 0. The molecule has 0 aliphatic carbocycles. The van der Waals surface area contributed by atoms with Crippen molar-refractivity contribution in [3.05, 3.63) is 0 Å². The molecule has 0 spiro atoms. The van der Waals surface area contributed by atoms with Crippen LogP contribution in [0.5, 0.6) is 0 Å². The van der Waals surface area contributed by atoms with E-state index in [1.54, 1.807) is 6.29 Å². The van der Waals surface area contributed by atoms with Gasteiger partial charge in [-0.05, 0) is 0 Å². The number of alkyl halides is 1. The minimum absolute atomic E-state index is 0.295. The molecule has 1 aliphatic rings. The molecule has 8 heavy (non-hydrogen) atoms. The highest BCUT2D eigenvalue weighted by Crippen LogP contribution is 2.06. The summed E-state index contributed by atoms with van der Waals surface area (Å²) >= 11 is 0. The van der Waals surface area contributed by atoms with E-state index in [0.29, 0.717) is 13.0 Å². The first-order valence-corrected chi connectivity index (χ1v) is 2.58. The molecule has 1 radical (unpaired) electrons. The molecule has 1 heterocycles. The molecule has 2 nitrogen and oxygen atoms in total. The fourth-order valence-electron chi connectivity index (χ4n) is 0.782. The Morgan fingerprint density at radius 3 is 2.75 bits per heavy atom. The number of hydrogen-bond acceptors (Lipinski definition) is 2. The van der Waals surface area contributed by atoms with Gasteiger partial charge in [0.05, 0.1) is 6.04 Å². The Bertz CT molecular complexity index is 96.4. The normalized spacial score (nSPS) is 37.6. The third kappa shape index (κ3) is 1.04. The summed E-state index contributed by atoms with van der Waals surface area (Å²) in [6, 6.07) is -0.356. The average Bonchev–Trinajstić information content (AvgIpc) is 2.14. The van der Waals surface area contributed by atoms with Crippen molar-refractivity contribution in [2.45, 2.75) is 18.6 Å². The van der Waals surface area contributed by atoms with Crippen LogP contribution in [0.3, 0.4) is 0 Å². The lowest BCUT2D eigenvalue weighted by Gasteiger charge is -1.92. The molecular formula is C5H7FNO. The van der Waals surface area contributed by atoms with Gasteiger partial charge in [-0.25, -0.2) is 4.39 Å². The van der Waals surface area contributed by atoms with Gasteiger partial charge in [-0.15, -0.1) is 0 Å². The van der Waals surface area contributed by atoms with E-state index in [0.717, 1.165) is 0 Å². The molecule has 0 amide bonds. The largest absolute Gasteiger partial charge is 0.304 e. The van der Waals surface area contributed by atoms with Crippen LogP contribution in [0.15, 0.2) is 0 Å². The average molecular weight is 116 g/mol. The molecule has 1 aliphatic heterocycles. The van der Waals surface area contributed by atoms with Crippen LogP contribution in [0.25, 0.3) is 0 Å². The Morgan fingerprint density at radius 1 is 1.75 bits per heavy atom. The summed E-state index contributed by atoms with van der Waals surface area (Å²) < 4.78 is 12.1. The molecule has 2 atom stereocenters. The molecule has 1 rings (SSSR count). The smallest absolute Gasteiger partial charge is 0.216 e. The topological polar surface area (TPSA) is 29.1 Å². The van der Waals surface area contributed by atoms with E-state index in [-0.39, 0.29) is 6.04 Å². The Kier molecular flexibility index (Phi) is 1.58. The summed E-state index contributed by atoms with van der Waals surface area (Å²) in [6.45, 7) is 0.305. The van der Waals surface area contributed by atoms with E-state index >= 15 is 0 Å². The fraction of sp³-hybridized carbons (Fsp3) is 0.800. The van der Waals surface area contributed by atoms with Crippen molar-refractivity contribution < 1.29 is 9.18 Å². The van der Waals surface area contributed by atoms with Gasteiger partial charge in [-0.1, -0.05) is 0 Å².